The van der Waals surface area contributed by atoms with Gasteiger partial charge in [-0.3, -0.25) is 4.79 Å². The third kappa shape index (κ3) is 2.95. The van der Waals surface area contributed by atoms with Gasteiger partial charge in [-0.15, -0.1) is 0 Å². The van der Waals surface area contributed by atoms with E-state index in [-0.39, 0.29) is 10.6 Å². The van der Waals surface area contributed by atoms with Crippen molar-refractivity contribution in [2.24, 2.45) is 0 Å². The Morgan fingerprint density at radius 1 is 1.25 bits per heavy atom. The zero-order valence-corrected chi connectivity index (χ0v) is 9.38. The minimum atomic E-state index is -0.0265. The van der Waals surface area contributed by atoms with Crippen molar-refractivity contribution in [1.29, 1.82) is 0 Å². The lowest BCUT2D eigenvalue weighted by molar-refractivity contribution is 0.475. The van der Waals surface area contributed by atoms with Crippen molar-refractivity contribution in [3.8, 4) is 5.75 Å². The molecule has 0 fully saturated rings. The summed E-state index contributed by atoms with van der Waals surface area (Å²) in [7, 11) is 0. The normalized spacial score (nSPS) is 10.5. The van der Waals surface area contributed by atoms with Crippen LogP contribution in [-0.4, -0.2) is 10.1 Å². The highest BCUT2D eigenvalue weighted by atomic mass is 32.1. The summed E-state index contributed by atoms with van der Waals surface area (Å²) in [5.41, 5.74) is 1.99. The van der Waals surface area contributed by atoms with E-state index < -0.39 is 0 Å². The number of aromatic amines is 1. The van der Waals surface area contributed by atoms with E-state index in [1.54, 1.807) is 12.1 Å². The molecule has 0 aliphatic rings. The molecule has 16 heavy (non-hydrogen) atoms. The second-order valence-corrected chi connectivity index (χ2v) is 4.29. The van der Waals surface area contributed by atoms with Crippen LogP contribution in [-0.2, 0) is 13.1 Å². The molecular formula is C11H12N2O2S. The van der Waals surface area contributed by atoms with Gasteiger partial charge in [-0.2, -0.15) is 0 Å². The minimum absolute atomic E-state index is 0.0265. The molecule has 4 nitrogen and oxygen atoms in total. The highest BCUT2D eigenvalue weighted by Crippen LogP contribution is 2.09. The van der Waals surface area contributed by atoms with Gasteiger partial charge in [-0.05, 0) is 17.7 Å². The average molecular weight is 236 g/mol. The third-order valence-electron chi connectivity index (χ3n) is 2.15. The first-order valence-electron chi connectivity index (χ1n) is 4.89. The topological polar surface area (TPSA) is 65.1 Å². The van der Waals surface area contributed by atoms with Crippen LogP contribution in [0.2, 0.25) is 0 Å². The van der Waals surface area contributed by atoms with E-state index in [2.05, 4.69) is 10.3 Å². The molecule has 0 radical (unpaired) electrons. The molecule has 1 aromatic carbocycles. The number of phenolic OH excluding ortho intramolecular Hbond substituents is 1. The highest BCUT2D eigenvalue weighted by Gasteiger charge is 1.97. The first-order chi connectivity index (χ1) is 7.74. The van der Waals surface area contributed by atoms with Gasteiger partial charge in [0, 0.05) is 24.2 Å². The molecular weight excluding hydrogens is 224 g/mol. The molecule has 0 saturated carbocycles. The van der Waals surface area contributed by atoms with Gasteiger partial charge in [0.25, 0.3) is 0 Å². The van der Waals surface area contributed by atoms with Gasteiger partial charge >= 0.3 is 4.87 Å². The summed E-state index contributed by atoms with van der Waals surface area (Å²) in [5.74, 6) is 0.269. The molecule has 0 saturated heterocycles. The van der Waals surface area contributed by atoms with Crippen LogP contribution >= 0.6 is 11.3 Å². The summed E-state index contributed by atoms with van der Waals surface area (Å²) in [6.45, 7) is 1.35. The van der Waals surface area contributed by atoms with E-state index in [4.69, 9.17) is 5.11 Å². The second kappa shape index (κ2) is 4.96. The summed E-state index contributed by atoms with van der Waals surface area (Å²) >= 11 is 1.17. The van der Waals surface area contributed by atoms with Crippen LogP contribution in [0.4, 0.5) is 0 Å². The van der Waals surface area contributed by atoms with Gasteiger partial charge in [-0.25, -0.2) is 0 Å². The zero-order valence-electron chi connectivity index (χ0n) is 8.56. The lowest BCUT2D eigenvalue weighted by Crippen LogP contribution is -2.13. The Bertz CT molecular complexity index is 501. The van der Waals surface area contributed by atoms with Crippen molar-refractivity contribution in [3.05, 3.63) is 50.6 Å². The lowest BCUT2D eigenvalue weighted by atomic mass is 10.2. The standard InChI is InChI=1S/C11H12N2O2S/c14-10-3-1-8(2-4-10)5-12-6-9-7-16-11(15)13-9/h1-4,7,12,14H,5-6H2,(H,13,15). The maximum Gasteiger partial charge on any atom is 0.304 e. The first kappa shape index (κ1) is 10.9. The maximum atomic E-state index is 10.9. The SMILES string of the molecule is O=c1[nH]c(CNCc2ccc(O)cc2)cs1. The van der Waals surface area contributed by atoms with E-state index in [0.717, 1.165) is 11.3 Å². The smallest absolute Gasteiger partial charge is 0.304 e. The summed E-state index contributed by atoms with van der Waals surface area (Å²) in [6, 6.07) is 7.03. The number of phenols is 1. The summed E-state index contributed by atoms with van der Waals surface area (Å²) in [5, 5.41) is 14.1. The van der Waals surface area contributed by atoms with Crippen molar-refractivity contribution < 1.29 is 5.11 Å². The average Bonchev–Trinajstić information content (AvgIpc) is 2.67. The number of thiazole rings is 1. The van der Waals surface area contributed by atoms with Crippen LogP contribution in [0.25, 0.3) is 0 Å². The Hall–Kier alpha value is -1.59. The van der Waals surface area contributed by atoms with Crippen molar-refractivity contribution in [2.75, 3.05) is 0 Å². The van der Waals surface area contributed by atoms with Gasteiger partial charge in [-0.1, -0.05) is 23.5 Å². The van der Waals surface area contributed by atoms with Crippen LogP contribution in [0.3, 0.4) is 0 Å². The number of aromatic nitrogens is 1. The number of hydrogen-bond donors (Lipinski definition) is 3. The van der Waals surface area contributed by atoms with Gasteiger partial charge < -0.3 is 15.4 Å². The van der Waals surface area contributed by atoms with Gasteiger partial charge in [0.1, 0.15) is 5.75 Å². The fourth-order valence-corrected chi connectivity index (χ4v) is 1.94. The van der Waals surface area contributed by atoms with E-state index in [1.807, 2.05) is 17.5 Å². The molecule has 0 unspecified atom stereocenters. The van der Waals surface area contributed by atoms with E-state index in [9.17, 15) is 4.79 Å². The zero-order chi connectivity index (χ0) is 11.4. The predicted molar refractivity (Wildman–Crippen MR) is 63.6 cm³/mol. The molecule has 1 aromatic heterocycles. The minimum Gasteiger partial charge on any atom is -0.508 e. The van der Waals surface area contributed by atoms with E-state index in [0.29, 0.717) is 13.1 Å². The molecule has 5 heteroatoms. The Balaban J connectivity index is 1.84. The van der Waals surface area contributed by atoms with Crippen LogP contribution in [0, 0.1) is 0 Å². The molecule has 0 aliphatic carbocycles. The van der Waals surface area contributed by atoms with Crippen LogP contribution in [0.1, 0.15) is 11.3 Å². The Morgan fingerprint density at radius 2 is 2.00 bits per heavy atom. The molecule has 2 rings (SSSR count). The van der Waals surface area contributed by atoms with Gasteiger partial charge in [0.2, 0.25) is 0 Å². The van der Waals surface area contributed by atoms with Gasteiger partial charge in [0.15, 0.2) is 0 Å². The highest BCUT2D eigenvalue weighted by molar-refractivity contribution is 7.07. The maximum absolute atomic E-state index is 10.9. The quantitative estimate of drug-likeness (QED) is 0.752. The Labute approximate surface area is 96.6 Å². The predicted octanol–water partition coefficient (Wildman–Crippen LogP) is 1.43. The second-order valence-electron chi connectivity index (χ2n) is 3.44. The van der Waals surface area contributed by atoms with Crippen LogP contribution < -0.4 is 10.2 Å². The third-order valence-corrected chi connectivity index (χ3v) is 2.87. The molecule has 84 valence electrons. The van der Waals surface area contributed by atoms with Crippen molar-refractivity contribution in [2.45, 2.75) is 13.1 Å². The summed E-state index contributed by atoms with van der Waals surface area (Å²) in [4.78, 5) is 13.6. The van der Waals surface area contributed by atoms with Crippen molar-refractivity contribution >= 4 is 11.3 Å². The molecule has 2 aromatic rings. The molecule has 1 heterocycles. The Kier molecular flexibility index (Phi) is 3.38. The number of aromatic hydroxyl groups is 1. The van der Waals surface area contributed by atoms with E-state index in [1.165, 1.54) is 11.3 Å². The Morgan fingerprint density at radius 3 is 2.62 bits per heavy atom. The molecule has 0 aliphatic heterocycles. The number of hydrogen-bond acceptors (Lipinski definition) is 4. The monoisotopic (exact) mass is 236 g/mol. The van der Waals surface area contributed by atoms with E-state index >= 15 is 0 Å². The molecule has 0 amide bonds. The molecule has 0 atom stereocenters. The van der Waals surface area contributed by atoms with Gasteiger partial charge in [0.05, 0.1) is 0 Å². The van der Waals surface area contributed by atoms with Crippen LogP contribution in [0.15, 0.2) is 34.4 Å². The molecule has 3 N–H and O–H groups in total. The lowest BCUT2D eigenvalue weighted by Gasteiger charge is -2.03. The molecule has 0 bridgehead atoms. The van der Waals surface area contributed by atoms with Crippen molar-refractivity contribution in [1.82, 2.24) is 10.3 Å². The van der Waals surface area contributed by atoms with Crippen LogP contribution in [0.5, 0.6) is 5.75 Å². The summed E-state index contributed by atoms with van der Waals surface area (Å²) in [6.07, 6.45) is 0. The fraction of sp³-hybridized carbons (Fsp3) is 0.182. The fourth-order valence-electron chi connectivity index (χ4n) is 1.36. The first-order valence-corrected chi connectivity index (χ1v) is 5.77. The number of H-pyrrole nitrogens is 1. The number of nitrogens with one attached hydrogen (secondary N) is 2. The largest absolute Gasteiger partial charge is 0.508 e. The molecule has 0 spiro atoms. The summed E-state index contributed by atoms with van der Waals surface area (Å²) < 4.78 is 0. The van der Waals surface area contributed by atoms with Crippen molar-refractivity contribution in [3.63, 3.8) is 0 Å². The number of rotatable bonds is 4. The number of benzene rings is 1.